The molecule has 3 aliphatic carbocycles. The van der Waals surface area contributed by atoms with Crippen LogP contribution < -0.4 is 5.32 Å². The van der Waals surface area contributed by atoms with E-state index in [2.05, 4.69) is 5.32 Å². The van der Waals surface area contributed by atoms with Crippen molar-refractivity contribution in [3.8, 4) is 0 Å². The van der Waals surface area contributed by atoms with Crippen LogP contribution in [-0.4, -0.2) is 11.9 Å². The summed E-state index contributed by atoms with van der Waals surface area (Å²) < 4.78 is 0. The highest BCUT2D eigenvalue weighted by atomic mass is 16.1. The molecule has 0 aromatic rings. The summed E-state index contributed by atoms with van der Waals surface area (Å²) in [7, 11) is 0. The second-order valence-corrected chi connectivity index (χ2v) is 5.29. The van der Waals surface area contributed by atoms with Crippen LogP contribution in [0.15, 0.2) is 0 Å². The first-order chi connectivity index (χ1) is 6.66. The van der Waals surface area contributed by atoms with Crippen molar-refractivity contribution in [3.05, 3.63) is 0 Å². The summed E-state index contributed by atoms with van der Waals surface area (Å²) >= 11 is 0. The van der Waals surface area contributed by atoms with E-state index in [0.717, 1.165) is 12.3 Å². The number of hydrogen-bond donors (Lipinski definition) is 1. The minimum atomic E-state index is 0.294. The third kappa shape index (κ3) is 1.94. The number of carbonyl (C=O) groups is 1. The Balaban J connectivity index is 1.94. The molecule has 80 valence electrons. The topological polar surface area (TPSA) is 29.1 Å². The van der Waals surface area contributed by atoms with Crippen molar-refractivity contribution in [3.63, 3.8) is 0 Å². The summed E-state index contributed by atoms with van der Waals surface area (Å²) in [5.41, 5.74) is 0. The van der Waals surface area contributed by atoms with Crippen LogP contribution in [0.4, 0.5) is 0 Å². The lowest BCUT2D eigenvalue weighted by Crippen LogP contribution is -2.43. The number of rotatable bonds is 2. The van der Waals surface area contributed by atoms with Crippen molar-refractivity contribution in [1.29, 1.82) is 0 Å². The Morgan fingerprint density at radius 3 is 2.29 bits per heavy atom. The van der Waals surface area contributed by atoms with Gasteiger partial charge >= 0.3 is 0 Å². The first-order valence-corrected chi connectivity index (χ1v) is 5.97. The second-order valence-electron chi connectivity index (χ2n) is 5.29. The Kier molecular flexibility index (Phi) is 2.80. The van der Waals surface area contributed by atoms with Crippen molar-refractivity contribution < 1.29 is 4.79 Å². The van der Waals surface area contributed by atoms with E-state index in [1.54, 1.807) is 0 Å². The van der Waals surface area contributed by atoms with Gasteiger partial charge in [0, 0.05) is 12.0 Å². The van der Waals surface area contributed by atoms with Crippen molar-refractivity contribution >= 4 is 5.91 Å². The Labute approximate surface area is 86.5 Å². The molecule has 3 aliphatic rings. The van der Waals surface area contributed by atoms with Gasteiger partial charge in [0.2, 0.25) is 5.91 Å². The Bertz CT molecular complexity index is 216. The predicted molar refractivity (Wildman–Crippen MR) is 56.8 cm³/mol. The molecule has 3 saturated carbocycles. The van der Waals surface area contributed by atoms with Crippen LogP contribution >= 0.6 is 0 Å². The van der Waals surface area contributed by atoms with Gasteiger partial charge in [-0.25, -0.2) is 0 Å². The molecule has 1 atom stereocenters. The van der Waals surface area contributed by atoms with Crippen LogP contribution in [0, 0.1) is 17.8 Å². The van der Waals surface area contributed by atoms with E-state index >= 15 is 0 Å². The van der Waals surface area contributed by atoms with Crippen LogP contribution in [-0.2, 0) is 4.79 Å². The van der Waals surface area contributed by atoms with Gasteiger partial charge in [-0.05, 0) is 44.9 Å². The van der Waals surface area contributed by atoms with Crippen LogP contribution in [0.2, 0.25) is 0 Å². The monoisotopic (exact) mass is 195 g/mol. The minimum absolute atomic E-state index is 0.294. The van der Waals surface area contributed by atoms with Gasteiger partial charge in [0.1, 0.15) is 0 Å². The fourth-order valence-electron chi connectivity index (χ4n) is 3.09. The molecular weight excluding hydrogens is 174 g/mol. The third-order valence-corrected chi connectivity index (χ3v) is 3.82. The van der Waals surface area contributed by atoms with Crippen LogP contribution in [0.3, 0.4) is 0 Å². The molecule has 2 nitrogen and oxygen atoms in total. The van der Waals surface area contributed by atoms with Gasteiger partial charge in [0.25, 0.3) is 0 Å². The van der Waals surface area contributed by atoms with Crippen LogP contribution in [0.25, 0.3) is 0 Å². The second kappa shape index (κ2) is 3.92. The van der Waals surface area contributed by atoms with E-state index < -0.39 is 0 Å². The molecule has 0 aliphatic heterocycles. The SMILES string of the molecule is CC(C)NC(=O)C1CC2CCC1CC2. The maximum Gasteiger partial charge on any atom is 0.223 e. The van der Waals surface area contributed by atoms with E-state index in [0.29, 0.717) is 23.8 Å². The Morgan fingerprint density at radius 2 is 1.86 bits per heavy atom. The van der Waals surface area contributed by atoms with E-state index in [-0.39, 0.29) is 0 Å². The molecule has 0 aromatic heterocycles. The van der Waals surface area contributed by atoms with Crippen LogP contribution in [0.1, 0.15) is 46.0 Å². The number of hydrogen-bond acceptors (Lipinski definition) is 1. The molecular formula is C12H21NO. The summed E-state index contributed by atoms with van der Waals surface area (Å²) in [6.07, 6.45) is 6.48. The quantitative estimate of drug-likeness (QED) is 0.720. The number of fused-ring (bicyclic) bond motifs is 3. The average Bonchev–Trinajstić information content (AvgIpc) is 2.18. The molecule has 0 heterocycles. The molecule has 0 radical (unpaired) electrons. The molecule has 0 aromatic carbocycles. The maximum atomic E-state index is 11.9. The summed E-state index contributed by atoms with van der Waals surface area (Å²) in [5, 5.41) is 3.06. The summed E-state index contributed by atoms with van der Waals surface area (Å²) in [4.78, 5) is 11.9. The molecule has 0 saturated heterocycles. The maximum absolute atomic E-state index is 11.9. The molecule has 3 rings (SSSR count). The largest absolute Gasteiger partial charge is 0.354 e. The van der Waals surface area contributed by atoms with Crippen molar-refractivity contribution in [2.45, 2.75) is 52.0 Å². The smallest absolute Gasteiger partial charge is 0.223 e. The molecule has 3 fully saturated rings. The lowest BCUT2D eigenvalue weighted by molar-refractivity contribution is -0.130. The summed E-state index contributed by atoms with van der Waals surface area (Å²) in [5.74, 6) is 2.20. The van der Waals surface area contributed by atoms with E-state index in [9.17, 15) is 4.79 Å². The highest BCUT2D eigenvalue weighted by Crippen LogP contribution is 2.44. The zero-order valence-corrected chi connectivity index (χ0v) is 9.25. The van der Waals surface area contributed by atoms with Crippen LogP contribution in [0.5, 0.6) is 0 Å². The highest BCUT2D eigenvalue weighted by molar-refractivity contribution is 5.79. The van der Waals surface area contributed by atoms with E-state index in [1.807, 2.05) is 13.8 Å². The minimum Gasteiger partial charge on any atom is -0.354 e. The number of carbonyl (C=O) groups excluding carboxylic acids is 1. The molecule has 1 N–H and O–H groups in total. The number of amides is 1. The average molecular weight is 195 g/mol. The Morgan fingerprint density at radius 1 is 1.21 bits per heavy atom. The molecule has 14 heavy (non-hydrogen) atoms. The zero-order valence-electron chi connectivity index (χ0n) is 9.25. The third-order valence-electron chi connectivity index (χ3n) is 3.82. The zero-order chi connectivity index (χ0) is 10.1. The van der Waals surface area contributed by atoms with Crippen molar-refractivity contribution in [2.24, 2.45) is 17.8 Å². The van der Waals surface area contributed by atoms with Crippen molar-refractivity contribution in [2.75, 3.05) is 0 Å². The first kappa shape index (κ1) is 10.0. The van der Waals surface area contributed by atoms with Gasteiger partial charge in [-0.15, -0.1) is 0 Å². The standard InChI is InChI=1S/C12H21NO/c1-8(2)13-12(14)11-7-9-3-5-10(11)6-4-9/h8-11H,3-7H2,1-2H3,(H,13,14). The predicted octanol–water partition coefficient (Wildman–Crippen LogP) is 2.34. The van der Waals surface area contributed by atoms with Gasteiger partial charge in [-0.1, -0.05) is 12.8 Å². The fraction of sp³-hybridized carbons (Fsp3) is 0.917. The summed E-state index contributed by atoms with van der Waals surface area (Å²) in [6.45, 7) is 4.08. The molecule has 2 bridgehead atoms. The first-order valence-electron chi connectivity index (χ1n) is 5.97. The van der Waals surface area contributed by atoms with Gasteiger partial charge in [-0.2, -0.15) is 0 Å². The number of nitrogens with one attached hydrogen (secondary N) is 1. The Hall–Kier alpha value is -0.530. The highest BCUT2D eigenvalue weighted by Gasteiger charge is 2.39. The fourth-order valence-corrected chi connectivity index (χ4v) is 3.09. The molecule has 0 spiro atoms. The molecule has 2 heteroatoms. The molecule has 1 amide bonds. The van der Waals surface area contributed by atoms with Gasteiger partial charge in [0.05, 0.1) is 0 Å². The lowest BCUT2D eigenvalue weighted by atomic mass is 9.64. The van der Waals surface area contributed by atoms with Gasteiger partial charge < -0.3 is 5.32 Å². The van der Waals surface area contributed by atoms with Crippen molar-refractivity contribution in [1.82, 2.24) is 5.32 Å². The van der Waals surface area contributed by atoms with Gasteiger partial charge in [0.15, 0.2) is 0 Å². The summed E-state index contributed by atoms with van der Waals surface area (Å²) in [6, 6.07) is 0.294. The normalized spacial score (nSPS) is 36.1. The van der Waals surface area contributed by atoms with E-state index in [4.69, 9.17) is 0 Å². The van der Waals surface area contributed by atoms with E-state index in [1.165, 1.54) is 25.7 Å². The molecule has 1 unspecified atom stereocenters. The lowest BCUT2D eigenvalue weighted by Gasteiger charge is -2.41. The van der Waals surface area contributed by atoms with Gasteiger partial charge in [-0.3, -0.25) is 4.79 Å².